The van der Waals surface area contributed by atoms with Gasteiger partial charge in [0.15, 0.2) is 9.84 Å². The van der Waals surface area contributed by atoms with E-state index in [1.165, 1.54) is 0 Å². The van der Waals surface area contributed by atoms with Gasteiger partial charge in [-0.1, -0.05) is 23.7 Å². The highest BCUT2D eigenvalue weighted by molar-refractivity contribution is 7.93. The summed E-state index contributed by atoms with van der Waals surface area (Å²) in [6, 6.07) is 7.74. The van der Waals surface area contributed by atoms with Crippen LogP contribution in [-0.2, 0) is 21.1 Å². The van der Waals surface area contributed by atoms with E-state index in [2.05, 4.69) is 4.90 Å². The quantitative estimate of drug-likeness (QED) is 0.823. The van der Waals surface area contributed by atoms with Crippen molar-refractivity contribution in [3.05, 3.63) is 34.9 Å². The van der Waals surface area contributed by atoms with Gasteiger partial charge in [0, 0.05) is 37.2 Å². The molecule has 2 heterocycles. The predicted molar refractivity (Wildman–Crippen MR) is 87.8 cm³/mol. The molecule has 0 bridgehead atoms. The molecule has 0 saturated carbocycles. The van der Waals surface area contributed by atoms with Gasteiger partial charge >= 0.3 is 0 Å². The Morgan fingerprint density at radius 1 is 1.41 bits per heavy atom. The van der Waals surface area contributed by atoms with Crippen LogP contribution >= 0.6 is 11.6 Å². The second kappa shape index (κ2) is 6.11. The Hall–Kier alpha value is -0.620. The standard InChI is InChI=1S/C16H22ClNO3S/c1-2-21-10-14-6-7-22(19,20)16(14)11-18(12-16)9-13-4-3-5-15(17)8-13/h3-5,8,14H,2,6-7,9-12H2,1H3. The van der Waals surface area contributed by atoms with Crippen LogP contribution in [0.15, 0.2) is 24.3 Å². The molecular formula is C16H22ClNO3S. The lowest BCUT2D eigenvalue weighted by Gasteiger charge is -2.50. The highest BCUT2D eigenvalue weighted by Gasteiger charge is 2.61. The van der Waals surface area contributed by atoms with Crippen LogP contribution in [0, 0.1) is 5.92 Å². The first-order valence-electron chi connectivity index (χ1n) is 7.74. The molecule has 1 aromatic rings. The summed E-state index contributed by atoms with van der Waals surface area (Å²) in [6.07, 6.45) is 0.730. The fraction of sp³-hybridized carbons (Fsp3) is 0.625. The van der Waals surface area contributed by atoms with Gasteiger partial charge in [-0.2, -0.15) is 0 Å². The van der Waals surface area contributed by atoms with Gasteiger partial charge in [0.25, 0.3) is 0 Å². The number of hydrogen-bond donors (Lipinski definition) is 0. The summed E-state index contributed by atoms with van der Waals surface area (Å²) in [5, 5.41) is 0.718. The van der Waals surface area contributed by atoms with Crippen LogP contribution in [0.3, 0.4) is 0 Å². The Morgan fingerprint density at radius 2 is 2.18 bits per heavy atom. The van der Waals surface area contributed by atoms with Crippen LogP contribution in [0.2, 0.25) is 5.02 Å². The maximum absolute atomic E-state index is 12.5. The largest absolute Gasteiger partial charge is 0.381 e. The molecule has 2 fully saturated rings. The van der Waals surface area contributed by atoms with Crippen molar-refractivity contribution in [2.24, 2.45) is 5.92 Å². The lowest BCUT2D eigenvalue weighted by Crippen LogP contribution is -2.67. The van der Waals surface area contributed by atoms with Crippen LogP contribution in [0.4, 0.5) is 0 Å². The van der Waals surface area contributed by atoms with E-state index in [9.17, 15) is 8.42 Å². The van der Waals surface area contributed by atoms with E-state index in [0.717, 1.165) is 23.6 Å². The van der Waals surface area contributed by atoms with E-state index in [-0.39, 0.29) is 5.92 Å². The third-order valence-corrected chi connectivity index (χ3v) is 7.74. The fourth-order valence-electron chi connectivity index (χ4n) is 3.68. The van der Waals surface area contributed by atoms with Gasteiger partial charge in [0.1, 0.15) is 4.75 Å². The van der Waals surface area contributed by atoms with Crippen molar-refractivity contribution in [1.82, 2.24) is 4.90 Å². The zero-order valence-corrected chi connectivity index (χ0v) is 14.4. The van der Waals surface area contributed by atoms with Crippen LogP contribution < -0.4 is 0 Å². The molecule has 0 N–H and O–H groups in total. The molecule has 2 aliphatic heterocycles. The van der Waals surface area contributed by atoms with Gasteiger partial charge < -0.3 is 4.74 Å². The van der Waals surface area contributed by atoms with Gasteiger partial charge in [-0.05, 0) is 31.0 Å². The van der Waals surface area contributed by atoms with Crippen LogP contribution in [0.5, 0.6) is 0 Å². The van der Waals surface area contributed by atoms with Crippen LogP contribution in [0.1, 0.15) is 18.9 Å². The fourth-order valence-corrected chi connectivity index (χ4v) is 6.35. The minimum atomic E-state index is -3.01. The average Bonchev–Trinajstić information content (AvgIpc) is 2.68. The molecule has 3 rings (SSSR count). The molecule has 122 valence electrons. The van der Waals surface area contributed by atoms with Crippen molar-refractivity contribution in [1.29, 1.82) is 0 Å². The minimum Gasteiger partial charge on any atom is -0.381 e. The highest BCUT2D eigenvalue weighted by Crippen LogP contribution is 2.45. The summed E-state index contributed by atoms with van der Waals surface area (Å²) in [6.45, 7) is 5.11. The molecule has 22 heavy (non-hydrogen) atoms. The SMILES string of the molecule is CCOCC1CCS(=O)(=O)C12CN(Cc1cccc(Cl)c1)C2. The first-order chi connectivity index (χ1) is 10.5. The second-order valence-corrected chi connectivity index (χ2v) is 9.19. The summed E-state index contributed by atoms with van der Waals surface area (Å²) >= 11 is 6.00. The van der Waals surface area contributed by atoms with E-state index in [1.54, 1.807) is 0 Å². The first kappa shape index (κ1) is 16.2. The highest BCUT2D eigenvalue weighted by atomic mass is 35.5. The molecule has 0 aliphatic carbocycles. The van der Waals surface area contributed by atoms with Crippen molar-refractivity contribution in [2.75, 3.05) is 32.1 Å². The zero-order valence-electron chi connectivity index (χ0n) is 12.8. The Kier molecular flexibility index (Phi) is 4.52. The minimum absolute atomic E-state index is 0.132. The van der Waals surface area contributed by atoms with Gasteiger partial charge in [-0.25, -0.2) is 8.42 Å². The summed E-state index contributed by atoms with van der Waals surface area (Å²) in [7, 11) is -3.01. The van der Waals surface area contributed by atoms with Crippen molar-refractivity contribution in [3.8, 4) is 0 Å². The number of rotatable bonds is 5. The lowest BCUT2D eigenvalue weighted by molar-refractivity contribution is 0.0292. The smallest absolute Gasteiger partial charge is 0.158 e. The van der Waals surface area contributed by atoms with E-state index >= 15 is 0 Å². The molecule has 0 amide bonds. The van der Waals surface area contributed by atoms with Gasteiger partial charge in [-0.15, -0.1) is 0 Å². The van der Waals surface area contributed by atoms with E-state index < -0.39 is 14.6 Å². The normalized spacial score (nSPS) is 26.2. The van der Waals surface area contributed by atoms with Crippen molar-refractivity contribution in [2.45, 2.75) is 24.6 Å². The topological polar surface area (TPSA) is 46.6 Å². The van der Waals surface area contributed by atoms with Gasteiger partial charge in [-0.3, -0.25) is 4.90 Å². The molecule has 4 nitrogen and oxygen atoms in total. The second-order valence-electron chi connectivity index (χ2n) is 6.30. The monoisotopic (exact) mass is 343 g/mol. The third kappa shape index (κ3) is 2.80. The molecule has 1 aromatic carbocycles. The number of benzene rings is 1. The molecule has 0 aromatic heterocycles. The number of likely N-dealkylation sites (tertiary alicyclic amines) is 1. The Labute approximate surface area is 137 Å². The van der Waals surface area contributed by atoms with E-state index in [1.807, 2.05) is 31.2 Å². The van der Waals surface area contributed by atoms with E-state index in [4.69, 9.17) is 16.3 Å². The molecule has 1 unspecified atom stereocenters. The third-order valence-electron chi connectivity index (χ3n) is 4.90. The number of ether oxygens (including phenoxy) is 1. The maximum Gasteiger partial charge on any atom is 0.158 e. The number of hydrogen-bond acceptors (Lipinski definition) is 4. The molecular weight excluding hydrogens is 322 g/mol. The maximum atomic E-state index is 12.5. The van der Waals surface area contributed by atoms with Crippen LogP contribution in [0.25, 0.3) is 0 Å². The van der Waals surface area contributed by atoms with Crippen molar-refractivity contribution < 1.29 is 13.2 Å². The molecule has 2 saturated heterocycles. The van der Waals surface area contributed by atoms with Crippen LogP contribution in [-0.4, -0.2) is 50.1 Å². The van der Waals surface area contributed by atoms with Crippen molar-refractivity contribution in [3.63, 3.8) is 0 Å². The Balaban J connectivity index is 1.68. The predicted octanol–water partition coefficient (Wildman–Crippen LogP) is 2.37. The summed E-state index contributed by atoms with van der Waals surface area (Å²) < 4.78 is 29.9. The average molecular weight is 344 g/mol. The molecule has 0 radical (unpaired) electrons. The van der Waals surface area contributed by atoms with E-state index in [0.29, 0.717) is 32.1 Å². The molecule has 1 spiro atoms. The number of sulfone groups is 1. The molecule has 6 heteroatoms. The number of nitrogens with zero attached hydrogens (tertiary/aromatic N) is 1. The lowest BCUT2D eigenvalue weighted by atomic mass is 9.83. The Bertz CT molecular complexity index is 641. The summed E-state index contributed by atoms with van der Waals surface area (Å²) in [5.41, 5.74) is 1.12. The Morgan fingerprint density at radius 3 is 2.86 bits per heavy atom. The van der Waals surface area contributed by atoms with Gasteiger partial charge in [0.05, 0.1) is 12.4 Å². The molecule has 1 atom stereocenters. The number of halogens is 1. The van der Waals surface area contributed by atoms with Crippen molar-refractivity contribution >= 4 is 21.4 Å². The van der Waals surface area contributed by atoms with Gasteiger partial charge in [0.2, 0.25) is 0 Å². The first-order valence-corrected chi connectivity index (χ1v) is 9.77. The molecule has 2 aliphatic rings. The zero-order chi connectivity index (χ0) is 15.8. The summed E-state index contributed by atoms with van der Waals surface area (Å²) in [5.74, 6) is 0.434. The summed E-state index contributed by atoms with van der Waals surface area (Å²) in [4.78, 5) is 2.19.